The number of aliphatic carboxylic acids is 1. The second-order valence-electron chi connectivity index (χ2n) is 4.96. The van der Waals surface area contributed by atoms with Gasteiger partial charge in [-0.25, -0.2) is 8.42 Å². The van der Waals surface area contributed by atoms with E-state index in [0.717, 1.165) is 10.4 Å². The number of carbonyl (C=O) groups is 1. The van der Waals surface area contributed by atoms with Crippen molar-refractivity contribution in [1.82, 2.24) is 4.31 Å². The summed E-state index contributed by atoms with van der Waals surface area (Å²) in [6.45, 7) is 1.75. The minimum absolute atomic E-state index is 0.110. The zero-order valence-corrected chi connectivity index (χ0v) is 12.0. The molecule has 0 bridgehead atoms. The van der Waals surface area contributed by atoms with Crippen molar-refractivity contribution in [3.63, 3.8) is 0 Å². The van der Waals surface area contributed by atoms with Crippen molar-refractivity contribution in [2.45, 2.75) is 11.8 Å². The van der Waals surface area contributed by atoms with Crippen LogP contribution in [0.4, 0.5) is 5.69 Å². The number of non-ortho nitro benzene ring substituents is 1. The Morgan fingerprint density at radius 3 is 2.62 bits per heavy atom. The van der Waals surface area contributed by atoms with Crippen LogP contribution in [-0.2, 0) is 14.8 Å². The number of carboxylic acid groups (broad SMARTS) is 1. The third kappa shape index (κ3) is 2.88. The zero-order valence-electron chi connectivity index (χ0n) is 11.2. The summed E-state index contributed by atoms with van der Waals surface area (Å²) >= 11 is 0. The van der Waals surface area contributed by atoms with Gasteiger partial charge in [0.2, 0.25) is 10.0 Å². The molecule has 8 nitrogen and oxygen atoms in total. The highest BCUT2D eigenvalue weighted by Gasteiger charge is 2.41. The van der Waals surface area contributed by atoms with E-state index in [2.05, 4.69) is 0 Å². The molecule has 1 saturated heterocycles. The smallest absolute Gasteiger partial charge is 0.306 e. The van der Waals surface area contributed by atoms with Crippen LogP contribution in [0.2, 0.25) is 0 Å². The highest BCUT2D eigenvalue weighted by atomic mass is 32.2. The molecular formula is C12H14N2O6S. The predicted molar refractivity (Wildman–Crippen MR) is 72.1 cm³/mol. The van der Waals surface area contributed by atoms with Gasteiger partial charge in [0, 0.05) is 25.2 Å². The molecule has 21 heavy (non-hydrogen) atoms. The molecule has 0 radical (unpaired) electrons. The lowest BCUT2D eigenvalue weighted by Crippen LogP contribution is -2.53. The average Bonchev–Trinajstić information content (AvgIpc) is 2.36. The molecule has 0 aromatic heterocycles. The first-order chi connectivity index (χ1) is 9.73. The summed E-state index contributed by atoms with van der Waals surface area (Å²) in [4.78, 5) is 20.7. The Labute approximate surface area is 121 Å². The van der Waals surface area contributed by atoms with Crippen LogP contribution >= 0.6 is 0 Å². The maximum Gasteiger partial charge on any atom is 0.306 e. The van der Waals surface area contributed by atoms with E-state index in [4.69, 9.17) is 5.11 Å². The number of nitrogens with zero attached hydrogens (tertiary/aromatic N) is 2. The first-order valence-corrected chi connectivity index (χ1v) is 7.65. The van der Waals surface area contributed by atoms with E-state index in [1.807, 2.05) is 0 Å². The summed E-state index contributed by atoms with van der Waals surface area (Å²) < 4.78 is 25.7. The van der Waals surface area contributed by atoms with Gasteiger partial charge in [0.1, 0.15) is 0 Å². The summed E-state index contributed by atoms with van der Waals surface area (Å²) in [5.41, 5.74) is -0.299. The lowest BCUT2D eigenvalue weighted by atomic mass is 9.89. The van der Waals surface area contributed by atoms with E-state index in [1.165, 1.54) is 25.1 Å². The van der Waals surface area contributed by atoms with E-state index < -0.39 is 26.8 Å². The van der Waals surface area contributed by atoms with E-state index in [0.29, 0.717) is 0 Å². The lowest BCUT2D eigenvalue weighted by molar-refractivity contribution is -0.385. The van der Waals surface area contributed by atoms with E-state index >= 15 is 0 Å². The van der Waals surface area contributed by atoms with Crippen LogP contribution in [0.5, 0.6) is 0 Å². The van der Waals surface area contributed by atoms with Gasteiger partial charge < -0.3 is 5.11 Å². The normalized spacial score (nSPS) is 18.0. The monoisotopic (exact) mass is 314 g/mol. The van der Waals surface area contributed by atoms with Crippen molar-refractivity contribution >= 4 is 21.7 Å². The van der Waals surface area contributed by atoms with Crippen LogP contribution in [0.1, 0.15) is 6.92 Å². The minimum Gasteiger partial charge on any atom is -0.481 e. The minimum atomic E-state index is -3.81. The molecule has 0 saturated carbocycles. The molecule has 1 aliphatic heterocycles. The van der Waals surface area contributed by atoms with Gasteiger partial charge in [-0.2, -0.15) is 4.31 Å². The van der Waals surface area contributed by atoms with Gasteiger partial charge >= 0.3 is 5.97 Å². The number of rotatable bonds is 5. The molecule has 9 heteroatoms. The summed E-state index contributed by atoms with van der Waals surface area (Å²) in [7, 11) is -3.81. The Bertz CT molecular complexity index is 681. The van der Waals surface area contributed by atoms with E-state index in [-0.39, 0.29) is 29.6 Å². The molecule has 1 N–H and O–H groups in total. The third-order valence-electron chi connectivity index (χ3n) is 3.64. The van der Waals surface area contributed by atoms with E-state index in [9.17, 15) is 23.3 Å². The number of carboxylic acids is 1. The van der Waals surface area contributed by atoms with Gasteiger partial charge in [-0.15, -0.1) is 0 Å². The molecule has 2 rings (SSSR count). The third-order valence-corrected chi connectivity index (χ3v) is 5.47. The van der Waals surface area contributed by atoms with Crippen molar-refractivity contribution in [3.05, 3.63) is 34.4 Å². The Morgan fingerprint density at radius 1 is 1.48 bits per heavy atom. The highest BCUT2D eigenvalue weighted by molar-refractivity contribution is 7.89. The van der Waals surface area contributed by atoms with Crippen molar-refractivity contribution in [1.29, 1.82) is 0 Å². The maximum absolute atomic E-state index is 12.3. The van der Waals surface area contributed by atoms with Crippen molar-refractivity contribution < 1.29 is 23.2 Å². The lowest BCUT2D eigenvalue weighted by Gasteiger charge is -2.39. The first kappa shape index (κ1) is 15.4. The summed E-state index contributed by atoms with van der Waals surface area (Å²) in [6.07, 6.45) is 0. The fourth-order valence-corrected chi connectivity index (χ4v) is 3.68. The molecule has 1 unspecified atom stereocenters. The summed E-state index contributed by atoms with van der Waals surface area (Å²) in [6, 6.07) is 4.81. The molecule has 1 aliphatic rings. The van der Waals surface area contributed by atoms with Gasteiger partial charge in [0.25, 0.3) is 5.69 Å². The number of nitro benzene ring substituents is 1. The Balaban J connectivity index is 2.16. The molecule has 1 fully saturated rings. The van der Waals surface area contributed by atoms with Crippen molar-refractivity contribution in [2.75, 3.05) is 13.1 Å². The van der Waals surface area contributed by atoms with Gasteiger partial charge in [0.05, 0.1) is 15.7 Å². The molecule has 1 aromatic rings. The Hall–Kier alpha value is -2.00. The number of hydrogen-bond donors (Lipinski definition) is 1. The molecule has 1 aromatic carbocycles. The number of hydrogen-bond acceptors (Lipinski definition) is 5. The maximum atomic E-state index is 12.3. The average molecular weight is 314 g/mol. The van der Waals surface area contributed by atoms with Crippen molar-refractivity contribution in [2.24, 2.45) is 11.8 Å². The van der Waals surface area contributed by atoms with Gasteiger partial charge in [-0.05, 0) is 12.0 Å². The highest BCUT2D eigenvalue weighted by Crippen LogP contribution is 2.30. The SMILES string of the molecule is CC(C(=O)O)C1CN(S(=O)(=O)c2cccc([N+](=O)[O-])c2)C1. The van der Waals surface area contributed by atoms with E-state index in [1.54, 1.807) is 0 Å². The van der Waals surface area contributed by atoms with Crippen LogP contribution in [0.25, 0.3) is 0 Å². The molecule has 0 amide bonds. The van der Waals surface area contributed by atoms with Gasteiger partial charge in [0.15, 0.2) is 0 Å². The topological polar surface area (TPSA) is 118 Å². The predicted octanol–water partition coefficient (Wildman–Crippen LogP) is 0.936. The quantitative estimate of drug-likeness (QED) is 0.638. The molecule has 114 valence electrons. The van der Waals surface area contributed by atoms with Crippen LogP contribution in [0.3, 0.4) is 0 Å². The van der Waals surface area contributed by atoms with Gasteiger partial charge in [-0.1, -0.05) is 13.0 Å². The first-order valence-electron chi connectivity index (χ1n) is 6.21. The second kappa shape index (κ2) is 5.41. The number of benzene rings is 1. The standard InChI is InChI=1S/C12H14N2O6S/c1-8(12(15)16)9-6-13(7-9)21(19,20)11-4-2-3-10(5-11)14(17)18/h2-5,8-9H,6-7H2,1H3,(H,15,16). The molecule has 1 atom stereocenters. The Kier molecular flexibility index (Phi) is 3.97. The molecule has 1 heterocycles. The summed E-state index contributed by atoms with van der Waals surface area (Å²) in [5, 5.41) is 19.6. The van der Waals surface area contributed by atoms with Gasteiger partial charge in [-0.3, -0.25) is 14.9 Å². The second-order valence-corrected chi connectivity index (χ2v) is 6.90. The van der Waals surface area contributed by atoms with Crippen LogP contribution in [0.15, 0.2) is 29.2 Å². The Morgan fingerprint density at radius 2 is 2.10 bits per heavy atom. The van der Waals surface area contributed by atoms with Crippen LogP contribution in [0, 0.1) is 22.0 Å². The summed E-state index contributed by atoms with van der Waals surface area (Å²) in [5.74, 6) is -1.83. The fraction of sp³-hybridized carbons (Fsp3) is 0.417. The van der Waals surface area contributed by atoms with Crippen LogP contribution < -0.4 is 0 Å². The largest absolute Gasteiger partial charge is 0.481 e. The zero-order chi connectivity index (χ0) is 15.8. The fourth-order valence-electron chi connectivity index (χ4n) is 2.09. The molecule has 0 aliphatic carbocycles. The van der Waals surface area contributed by atoms with Crippen LogP contribution in [-0.4, -0.2) is 41.8 Å². The van der Waals surface area contributed by atoms with Crippen molar-refractivity contribution in [3.8, 4) is 0 Å². The molecular weight excluding hydrogens is 300 g/mol. The number of nitro groups is 1. The number of sulfonamides is 1. The molecule has 0 spiro atoms.